The van der Waals surface area contributed by atoms with Crippen LogP contribution >= 0.6 is 0 Å². The molecule has 0 aromatic carbocycles. The van der Waals surface area contributed by atoms with Crippen LogP contribution in [0.3, 0.4) is 0 Å². The molecule has 1 atom stereocenters. The molecule has 0 bridgehead atoms. The Morgan fingerprint density at radius 1 is 1.61 bits per heavy atom. The predicted molar refractivity (Wildman–Crippen MR) is 68.2 cm³/mol. The number of nitrogens with one attached hydrogen (secondary N) is 2. The van der Waals surface area contributed by atoms with E-state index in [1.165, 1.54) is 19.0 Å². The number of aromatic amines is 1. The van der Waals surface area contributed by atoms with Gasteiger partial charge in [0.2, 0.25) is 0 Å². The van der Waals surface area contributed by atoms with E-state index in [1.54, 1.807) is 0 Å². The standard InChI is InChI=1S/C11H20N4O2S/c1-2-10(5-8-3-4-8)15-18(16,17)11-9(6-12)7-13-14-11/h7-8,10,15H,2-6,12H2,1H3,(H,13,14). The third-order valence-electron chi connectivity index (χ3n) is 3.30. The lowest BCUT2D eigenvalue weighted by Crippen LogP contribution is -2.35. The second-order valence-electron chi connectivity index (χ2n) is 4.83. The summed E-state index contributed by atoms with van der Waals surface area (Å²) in [6.07, 6.45) is 5.60. The summed E-state index contributed by atoms with van der Waals surface area (Å²) in [5, 5.41) is 6.35. The Bertz CT molecular complexity index is 493. The molecule has 2 rings (SSSR count). The molecule has 1 aliphatic carbocycles. The van der Waals surface area contributed by atoms with Gasteiger partial charge in [-0.05, 0) is 18.8 Å². The molecule has 1 heterocycles. The van der Waals surface area contributed by atoms with Gasteiger partial charge in [-0.1, -0.05) is 19.8 Å². The maximum absolute atomic E-state index is 12.2. The van der Waals surface area contributed by atoms with E-state index >= 15 is 0 Å². The first-order valence-electron chi connectivity index (χ1n) is 6.31. The van der Waals surface area contributed by atoms with Gasteiger partial charge in [-0.15, -0.1) is 0 Å². The topological polar surface area (TPSA) is 101 Å². The summed E-state index contributed by atoms with van der Waals surface area (Å²) in [6.45, 7) is 2.15. The number of nitrogens with zero attached hydrogens (tertiary/aromatic N) is 1. The Labute approximate surface area is 107 Å². The van der Waals surface area contributed by atoms with Crippen molar-refractivity contribution in [2.75, 3.05) is 0 Å². The maximum Gasteiger partial charge on any atom is 0.258 e. The van der Waals surface area contributed by atoms with Crippen molar-refractivity contribution in [1.82, 2.24) is 14.9 Å². The van der Waals surface area contributed by atoms with Crippen LogP contribution in [0.15, 0.2) is 11.2 Å². The van der Waals surface area contributed by atoms with Crippen LogP contribution in [0.25, 0.3) is 0 Å². The summed E-state index contributed by atoms with van der Waals surface area (Å²) < 4.78 is 27.1. The summed E-state index contributed by atoms with van der Waals surface area (Å²) in [5.41, 5.74) is 6.01. The number of hydrogen-bond donors (Lipinski definition) is 3. The van der Waals surface area contributed by atoms with Crippen LogP contribution in [0.4, 0.5) is 0 Å². The zero-order valence-corrected chi connectivity index (χ0v) is 11.3. The highest BCUT2D eigenvalue weighted by atomic mass is 32.2. The number of sulfonamides is 1. The van der Waals surface area contributed by atoms with Gasteiger partial charge in [0.25, 0.3) is 10.0 Å². The fourth-order valence-corrected chi connectivity index (χ4v) is 3.48. The molecule has 0 aliphatic heterocycles. The summed E-state index contributed by atoms with van der Waals surface area (Å²) in [6, 6.07) is -0.00331. The first-order chi connectivity index (χ1) is 8.56. The highest BCUT2D eigenvalue weighted by Gasteiger charge is 2.29. The lowest BCUT2D eigenvalue weighted by molar-refractivity contribution is 0.493. The van der Waals surface area contributed by atoms with Crippen LogP contribution in [0.2, 0.25) is 0 Å². The number of hydrogen-bond acceptors (Lipinski definition) is 4. The number of nitrogens with two attached hydrogens (primary N) is 1. The van der Waals surface area contributed by atoms with Crippen LogP contribution in [0.1, 0.15) is 38.2 Å². The summed E-state index contributed by atoms with van der Waals surface area (Å²) in [7, 11) is -3.54. The van der Waals surface area contributed by atoms with Crippen molar-refractivity contribution < 1.29 is 8.42 Å². The molecule has 1 aliphatic rings. The van der Waals surface area contributed by atoms with E-state index in [1.807, 2.05) is 6.92 Å². The van der Waals surface area contributed by atoms with Crippen molar-refractivity contribution in [1.29, 1.82) is 0 Å². The molecule has 18 heavy (non-hydrogen) atoms. The van der Waals surface area contributed by atoms with Crippen LogP contribution < -0.4 is 10.5 Å². The zero-order valence-electron chi connectivity index (χ0n) is 10.5. The molecule has 7 heteroatoms. The van der Waals surface area contributed by atoms with Gasteiger partial charge in [-0.2, -0.15) is 5.10 Å². The molecule has 0 amide bonds. The molecule has 4 N–H and O–H groups in total. The van der Waals surface area contributed by atoms with E-state index in [0.29, 0.717) is 11.5 Å². The van der Waals surface area contributed by atoms with Crippen molar-refractivity contribution in [3.8, 4) is 0 Å². The largest absolute Gasteiger partial charge is 0.326 e. The Balaban J connectivity index is 2.09. The number of H-pyrrole nitrogens is 1. The lowest BCUT2D eigenvalue weighted by atomic mass is 10.1. The fourth-order valence-electron chi connectivity index (χ4n) is 2.01. The van der Waals surface area contributed by atoms with Gasteiger partial charge in [-0.25, -0.2) is 13.1 Å². The molecule has 1 saturated carbocycles. The molecule has 6 nitrogen and oxygen atoms in total. The van der Waals surface area contributed by atoms with Crippen molar-refractivity contribution in [2.24, 2.45) is 11.7 Å². The second kappa shape index (κ2) is 5.38. The summed E-state index contributed by atoms with van der Waals surface area (Å²) >= 11 is 0. The molecule has 1 aromatic heterocycles. The minimum atomic E-state index is -3.54. The van der Waals surface area contributed by atoms with E-state index in [0.717, 1.165) is 12.8 Å². The SMILES string of the molecule is CCC(CC1CC1)NS(=O)(=O)c1[nH]ncc1CN. The highest BCUT2D eigenvalue weighted by Crippen LogP contribution is 2.34. The smallest absolute Gasteiger partial charge is 0.258 e. The number of rotatable bonds is 7. The minimum absolute atomic E-state index is 0.00331. The Morgan fingerprint density at radius 3 is 2.89 bits per heavy atom. The molecule has 0 radical (unpaired) electrons. The molecular weight excluding hydrogens is 252 g/mol. The quantitative estimate of drug-likeness (QED) is 0.681. The van der Waals surface area contributed by atoms with Gasteiger partial charge < -0.3 is 5.73 Å². The highest BCUT2D eigenvalue weighted by molar-refractivity contribution is 7.89. The minimum Gasteiger partial charge on any atom is -0.326 e. The van der Waals surface area contributed by atoms with Crippen molar-refractivity contribution in [3.63, 3.8) is 0 Å². The van der Waals surface area contributed by atoms with Crippen LogP contribution in [-0.4, -0.2) is 24.7 Å². The Kier molecular flexibility index (Phi) is 4.04. The van der Waals surface area contributed by atoms with Crippen LogP contribution in [-0.2, 0) is 16.6 Å². The molecule has 102 valence electrons. The predicted octanol–water partition coefficient (Wildman–Crippen LogP) is 0.725. The molecular formula is C11H20N4O2S. The molecule has 0 saturated heterocycles. The van der Waals surface area contributed by atoms with Gasteiger partial charge >= 0.3 is 0 Å². The fraction of sp³-hybridized carbons (Fsp3) is 0.727. The monoisotopic (exact) mass is 272 g/mol. The molecule has 0 spiro atoms. The molecule has 1 aromatic rings. The first-order valence-corrected chi connectivity index (χ1v) is 7.79. The average Bonchev–Trinajstić information content (AvgIpc) is 3.01. The van der Waals surface area contributed by atoms with Gasteiger partial charge in [0, 0.05) is 18.2 Å². The number of aromatic nitrogens is 2. The van der Waals surface area contributed by atoms with Gasteiger partial charge in [0.15, 0.2) is 5.03 Å². The van der Waals surface area contributed by atoms with E-state index < -0.39 is 10.0 Å². The van der Waals surface area contributed by atoms with Crippen LogP contribution in [0, 0.1) is 5.92 Å². The second-order valence-corrected chi connectivity index (χ2v) is 6.48. The third kappa shape index (κ3) is 3.09. The van der Waals surface area contributed by atoms with E-state index in [2.05, 4.69) is 14.9 Å². The first kappa shape index (κ1) is 13.5. The Hall–Kier alpha value is -0.920. The lowest BCUT2D eigenvalue weighted by Gasteiger charge is -2.16. The molecule has 1 unspecified atom stereocenters. The Morgan fingerprint density at radius 2 is 2.33 bits per heavy atom. The van der Waals surface area contributed by atoms with E-state index in [-0.39, 0.29) is 17.6 Å². The van der Waals surface area contributed by atoms with Crippen molar-refractivity contribution >= 4 is 10.0 Å². The van der Waals surface area contributed by atoms with Gasteiger partial charge in [-0.3, -0.25) is 5.10 Å². The summed E-state index contributed by atoms with van der Waals surface area (Å²) in [4.78, 5) is 0. The van der Waals surface area contributed by atoms with E-state index in [4.69, 9.17) is 5.73 Å². The van der Waals surface area contributed by atoms with Gasteiger partial charge in [0.1, 0.15) is 0 Å². The van der Waals surface area contributed by atoms with Crippen molar-refractivity contribution in [2.45, 2.75) is 50.2 Å². The third-order valence-corrected chi connectivity index (χ3v) is 4.83. The van der Waals surface area contributed by atoms with Crippen LogP contribution in [0.5, 0.6) is 0 Å². The van der Waals surface area contributed by atoms with Crippen molar-refractivity contribution in [3.05, 3.63) is 11.8 Å². The average molecular weight is 272 g/mol. The van der Waals surface area contributed by atoms with Gasteiger partial charge in [0.05, 0.1) is 6.20 Å². The molecule has 1 fully saturated rings. The maximum atomic E-state index is 12.2. The normalized spacial score (nSPS) is 17.9. The zero-order chi connectivity index (χ0) is 13.2. The van der Waals surface area contributed by atoms with E-state index in [9.17, 15) is 8.42 Å². The summed E-state index contributed by atoms with van der Waals surface area (Å²) in [5.74, 6) is 0.688.